The van der Waals surface area contributed by atoms with Crippen molar-refractivity contribution in [2.24, 2.45) is 0 Å². The van der Waals surface area contributed by atoms with Crippen LogP contribution in [0, 0.1) is 5.82 Å². The van der Waals surface area contributed by atoms with Gasteiger partial charge in [0.1, 0.15) is 11.6 Å². The molecule has 0 saturated carbocycles. The number of rotatable bonds is 4. The maximum absolute atomic E-state index is 13.8. The van der Waals surface area contributed by atoms with Crippen LogP contribution < -0.4 is 0 Å². The first-order valence-corrected chi connectivity index (χ1v) is 11.3. The van der Waals surface area contributed by atoms with Crippen LogP contribution in [0.2, 0.25) is 0 Å². The molecule has 0 spiro atoms. The molecule has 0 bridgehead atoms. The van der Waals surface area contributed by atoms with Crippen LogP contribution >= 0.6 is 0 Å². The zero-order valence-electron chi connectivity index (χ0n) is 18.8. The predicted octanol–water partition coefficient (Wildman–Crippen LogP) is 6.75. The van der Waals surface area contributed by atoms with E-state index in [1.807, 2.05) is 0 Å². The summed E-state index contributed by atoms with van der Waals surface area (Å²) in [4.78, 5) is 11.8. The van der Waals surface area contributed by atoms with Gasteiger partial charge in [-0.25, -0.2) is 9.18 Å². The van der Waals surface area contributed by atoms with E-state index in [2.05, 4.69) is 0 Å². The molecule has 1 aliphatic heterocycles. The number of benzene rings is 3. The van der Waals surface area contributed by atoms with Gasteiger partial charge >= 0.3 is 12.1 Å². The summed E-state index contributed by atoms with van der Waals surface area (Å²) in [5.74, 6) is -2.28. The van der Waals surface area contributed by atoms with E-state index >= 15 is 0 Å². The Balaban J connectivity index is 1.92. The number of carboxylic acid groups (broad SMARTS) is 1. The van der Waals surface area contributed by atoms with Gasteiger partial charge in [0, 0.05) is 41.5 Å². The number of alkyl halides is 3. The fourth-order valence-electron chi connectivity index (χ4n) is 4.92. The van der Waals surface area contributed by atoms with Gasteiger partial charge in [-0.3, -0.25) is 0 Å². The summed E-state index contributed by atoms with van der Waals surface area (Å²) in [6.45, 7) is 0.869. The molecular formula is C27H21F4NO4. The van der Waals surface area contributed by atoms with Crippen molar-refractivity contribution < 1.29 is 37.3 Å². The van der Waals surface area contributed by atoms with Gasteiger partial charge in [-0.1, -0.05) is 6.07 Å². The first kappa shape index (κ1) is 23.9. The van der Waals surface area contributed by atoms with Crippen LogP contribution in [-0.2, 0) is 10.9 Å². The molecule has 1 aliphatic rings. The molecule has 2 heterocycles. The molecule has 0 unspecified atom stereocenters. The van der Waals surface area contributed by atoms with Gasteiger partial charge in [0.15, 0.2) is 0 Å². The first-order valence-electron chi connectivity index (χ1n) is 11.3. The number of hydrogen-bond donors (Lipinski definition) is 2. The molecule has 0 atom stereocenters. The van der Waals surface area contributed by atoms with E-state index in [-0.39, 0.29) is 17.2 Å². The van der Waals surface area contributed by atoms with Crippen LogP contribution in [0.1, 0.15) is 40.4 Å². The number of nitrogens with zero attached hydrogens (tertiary/aromatic N) is 1. The molecule has 1 saturated heterocycles. The van der Waals surface area contributed by atoms with Crippen molar-refractivity contribution >= 4 is 16.9 Å². The molecule has 3 aromatic carbocycles. The number of phenols is 1. The van der Waals surface area contributed by atoms with E-state index in [4.69, 9.17) is 4.74 Å². The van der Waals surface area contributed by atoms with Gasteiger partial charge < -0.3 is 19.5 Å². The Morgan fingerprint density at radius 2 is 1.69 bits per heavy atom. The number of aromatic carboxylic acids is 1. The van der Waals surface area contributed by atoms with Crippen LogP contribution in [0.4, 0.5) is 17.6 Å². The Bertz CT molecular complexity index is 1450. The SMILES string of the molecule is O=C(O)c1cc(-c2c(C3CCOCC3)n(-c3ccc(F)cc3)c3cccc(O)c23)cc(C(F)(F)F)c1. The van der Waals surface area contributed by atoms with Crippen molar-refractivity contribution in [2.75, 3.05) is 13.2 Å². The number of phenolic OH excluding ortho intramolecular Hbond substituents is 1. The van der Waals surface area contributed by atoms with Gasteiger partial charge in [-0.15, -0.1) is 0 Å². The Kier molecular flexibility index (Phi) is 5.96. The van der Waals surface area contributed by atoms with Gasteiger partial charge in [0.2, 0.25) is 0 Å². The Labute approximate surface area is 203 Å². The van der Waals surface area contributed by atoms with Crippen molar-refractivity contribution in [2.45, 2.75) is 24.9 Å². The smallest absolute Gasteiger partial charge is 0.416 e. The average molecular weight is 499 g/mol. The maximum Gasteiger partial charge on any atom is 0.416 e. The molecule has 5 nitrogen and oxygen atoms in total. The second-order valence-electron chi connectivity index (χ2n) is 8.73. The Morgan fingerprint density at radius 1 is 1.00 bits per heavy atom. The van der Waals surface area contributed by atoms with Crippen molar-refractivity contribution in [1.82, 2.24) is 4.57 Å². The quantitative estimate of drug-likeness (QED) is 0.305. The van der Waals surface area contributed by atoms with Gasteiger partial charge in [-0.05, 0) is 73.0 Å². The summed E-state index contributed by atoms with van der Waals surface area (Å²) < 4.78 is 62.4. The zero-order chi connectivity index (χ0) is 25.6. The van der Waals surface area contributed by atoms with Crippen LogP contribution in [0.15, 0.2) is 60.7 Å². The van der Waals surface area contributed by atoms with E-state index in [1.54, 1.807) is 28.8 Å². The number of fused-ring (bicyclic) bond motifs is 1. The number of ether oxygens (including phenoxy) is 1. The highest BCUT2D eigenvalue weighted by Gasteiger charge is 2.34. The average Bonchev–Trinajstić information content (AvgIpc) is 3.21. The summed E-state index contributed by atoms with van der Waals surface area (Å²) >= 11 is 0. The standard InChI is InChI=1S/C27H21F4NO4/c28-19-4-6-20(7-5-19)32-21-2-1-3-22(33)24(21)23(25(32)15-8-10-36-11-9-15)16-12-17(26(34)35)14-18(13-16)27(29,30)31/h1-7,12-15,33H,8-11H2,(H,34,35). The first-order chi connectivity index (χ1) is 17.1. The second kappa shape index (κ2) is 8.98. The van der Waals surface area contributed by atoms with Gasteiger partial charge in [-0.2, -0.15) is 13.2 Å². The number of aromatic hydroxyl groups is 1. The van der Waals surface area contributed by atoms with Crippen molar-refractivity contribution in [3.63, 3.8) is 0 Å². The third-order valence-electron chi connectivity index (χ3n) is 6.50. The summed E-state index contributed by atoms with van der Waals surface area (Å²) in [6, 6.07) is 13.1. The molecule has 1 aromatic heterocycles. The van der Waals surface area contributed by atoms with E-state index in [0.717, 1.165) is 6.07 Å². The highest BCUT2D eigenvalue weighted by molar-refractivity contribution is 6.04. The molecular weight excluding hydrogens is 478 g/mol. The molecule has 0 amide bonds. The number of carboxylic acids is 1. The van der Waals surface area contributed by atoms with E-state index in [1.165, 1.54) is 24.3 Å². The number of carbonyl (C=O) groups is 1. The third kappa shape index (κ3) is 4.19. The lowest BCUT2D eigenvalue weighted by molar-refractivity contribution is -0.137. The molecule has 36 heavy (non-hydrogen) atoms. The van der Waals surface area contributed by atoms with E-state index in [0.29, 0.717) is 60.0 Å². The molecule has 2 N–H and O–H groups in total. The number of aromatic nitrogens is 1. The normalized spacial score (nSPS) is 14.9. The van der Waals surface area contributed by atoms with E-state index < -0.39 is 29.1 Å². The Morgan fingerprint density at radius 3 is 2.33 bits per heavy atom. The fraction of sp³-hybridized carbons (Fsp3) is 0.222. The fourth-order valence-corrected chi connectivity index (χ4v) is 4.92. The van der Waals surface area contributed by atoms with E-state index in [9.17, 15) is 32.6 Å². The number of hydrogen-bond acceptors (Lipinski definition) is 3. The highest BCUT2D eigenvalue weighted by Crippen LogP contribution is 2.47. The monoisotopic (exact) mass is 499 g/mol. The minimum Gasteiger partial charge on any atom is -0.507 e. The predicted molar refractivity (Wildman–Crippen MR) is 125 cm³/mol. The lowest BCUT2D eigenvalue weighted by atomic mass is 9.88. The summed E-state index contributed by atoms with van der Waals surface area (Å²) in [5, 5.41) is 20.8. The molecule has 4 aromatic rings. The number of halogens is 4. The molecule has 1 fully saturated rings. The highest BCUT2D eigenvalue weighted by atomic mass is 19.4. The molecule has 186 valence electrons. The summed E-state index contributed by atoms with van der Waals surface area (Å²) in [6.07, 6.45) is -3.65. The van der Waals surface area contributed by atoms with Crippen LogP contribution in [0.5, 0.6) is 5.75 Å². The molecule has 9 heteroatoms. The summed E-state index contributed by atoms with van der Waals surface area (Å²) in [5.41, 5.74) is 0.392. The minimum atomic E-state index is -4.78. The van der Waals surface area contributed by atoms with Crippen LogP contribution in [0.3, 0.4) is 0 Å². The van der Waals surface area contributed by atoms with Gasteiger partial charge in [0.25, 0.3) is 0 Å². The lowest BCUT2D eigenvalue weighted by Gasteiger charge is -2.26. The Hall–Kier alpha value is -3.85. The topological polar surface area (TPSA) is 71.7 Å². The molecule has 0 radical (unpaired) electrons. The zero-order valence-corrected chi connectivity index (χ0v) is 18.8. The molecule has 5 rings (SSSR count). The summed E-state index contributed by atoms with van der Waals surface area (Å²) in [7, 11) is 0. The largest absolute Gasteiger partial charge is 0.507 e. The lowest BCUT2D eigenvalue weighted by Crippen LogP contribution is -2.17. The van der Waals surface area contributed by atoms with Crippen LogP contribution in [0.25, 0.3) is 27.7 Å². The van der Waals surface area contributed by atoms with Crippen molar-refractivity contribution in [3.8, 4) is 22.6 Å². The van der Waals surface area contributed by atoms with Crippen molar-refractivity contribution in [1.29, 1.82) is 0 Å². The second-order valence-corrected chi connectivity index (χ2v) is 8.73. The van der Waals surface area contributed by atoms with Crippen LogP contribution in [-0.4, -0.2) is 34.0 Å². The van der Waals surface area contributed by atoms with Crippen molar-refractivity contribution in [3.05, 3.63) is 83.3 Å². The molecule has 0 aliphatic carbocycles. The maximum atomic E-state index is 13.8. The van der Waals surface area contributed by atoms with Gasteiger partial charge in [0.05, 0.1) is 16.6 Å². The minimum absolute atomic E-state index is 0.0241. The third-order valence-corrected chi connectivity index (χ3v) is 6.50.